The second-order valence-electron chi connectivity index (χ2n) is 6.17. The summed E-state index contributed by atoms with van der Waals surface area (Å²) in [5.41, 5.74) is 5.11. The fourth-order valence-electron chi connectivity index (χ4n) is 2.66. The first-order valence-electron chi connectivity index (χ1n) is 8.22. The van der Waals surface area contributed by atoms with E-state index in [9.17, 15) is 4.79 Å². The van der Waals surface area contributed by atoms with Crippen molar-refractivity contribution >= 4 is 17.7 Å². The number of fused-ring (bicyclic) bond motifs is 1. The molecule has 3 aromatic rings. The van der Waals surface area contributed by atoms with Crippen molar-refractivity contribution in [2.75, 3.05) is 6.61 Å². The zero-order valence-electron chi connectivity index (χ0n) is 14.8. The largest absolute Gasteiger partial charge is 0.489 e. The van der Waals surface area contributed by atoms with Crippen molar-refractivity contribution in [1.82, 2.24) is 9.38 Å². The minimum absolute atomic E-state index is 0.472. The van der Waals surface area contributed by atoms with Gasteiger partial charge in [-0.25, -0.2) is 9.78 Å². The molecule has 1 N–H and O–H groups in total. The van der Waals surface area contributed by atoms with Gasteiger partial charge in [-0.15, -0.1) is 0 Å². The van der Waals surface area contributed by atoms with Crippen molar-refractivity contribution in [2.24, 2.45) is 0 Å². The molecule has 0 radical (unpaired) electrons. The van der Waals surface area contributed by atoms with Gasteiger partial charge in [-0.2, -0.15) is 0 Å². The topological polar surface area (TPSA) is 63.8 Å². The maximum absolute atomic E-state index is 11.0. The average Bonchev–Trinajstić information content (AvgIpc) is 2.98. The van der Waals surface area contributed by atoms with Crippen molar-refractivity contribution < 1.29 is 14.6 Å². The predicted molar refractivity (Wildman–Crippen MR) is 102 cm³/mol. The number of carboxylic acids is 1. The molecule has 132 valence electrons. The first-order valence-corrected chi connectivity index (χ1v) is 8.22. The van der Waals surface area contributed by atoms with Crippen LogP contribution in [0.3, 0.4) is 0 Å². The normalized spacial score (nSPS) is 11.2. The number of hydrogen-bond acceptors (Lipinski definition) is 3. The number of carboxylic acid groups (broad SMARTS) is 1. The van der Waals surface area contributed by atoms with Crippen molar-refractivity contribution in [3.8, 4) is 17.0 Å². The van der Waals surface area contributed by atoms with Gasteiger partial charge in [0.25, 0.3) is 0 Å². The van der Waals surface area contributed by atoms with Crippen LogP contribution < -0.4 is 4.74 Å². The van der Waals surface area contributed by atoms with Crippen LogP contribution in [0.25, 0.3) is 23.0 Å². The van der Waals surface area contributed by atoms with Crippen molar-refractivity contribution in [1.29, 1.82) is 0 Å². The number of nitrogens with zero attached hydrogens (tertiary/aromatic N) is 2. The van der Waals surface area contributed by atoms with E-state index in [-0.39, 0.29) is 0 Å². The fourth-order valence-corrected chi connectivity index (χ4v) is 2.66. The molecule has 1 aromatic carbocycles. The number of aliphatic carboxylic acids is 1. The Kier molecular flexibility index (Phi) is 4.89. The quantitative estimate of drug-likeness (QED) is 0.531. The van der Waals surface area contributed by atoms with Gasteiger partial charge in [0.1, 0.15) is 18.0 Å². The highest BCUT2D eigenvalue weighted by Crippen LogP contribution is 2.28. The molecule has 0 spiro atoms. The van der Waals surface area contributed by atoms with Crippen LogP contribution in [-0.4, -0.2) is 27.1 Å². The molecule has 0 bridgehead atoms. The summed E-state index contributed by atoms with van der Waals surface area (Å²) in [5, 5.41) is 9.00. The molecule has 2 heterocycles. The standard InChI is InChI=1S/C21H20N2O3/c1-14(2)13-26-17-8-6-16(7-9-17)20-18(10-11-19(24)25)23-12-4-5-15(3)21(23)22-20/h4-12H,1,13H2,2-3H3,(H,24,25)/b11-10+. The third kappa shape index (κ3) is 3.67. The molecule has 0 aliphatic rings. The second kappa shape index (κ2) is 7.27. The predicted octanol–water partition coefficient (Wildman–Crippen LogP) is 4.36. The van der Waals surface area contributed by atoms with E-state index in [4.69, 9.17) is 14.8 Å². The monoisotopic (exact) mass is 348 g/mol. The zero-order chi connectivity index (χ0) is 18.7. The van der Waals surface area contributed by atoms with Crippen LogP contribution in [0.1, 0.15) is 18.2 Å². The van der Waals surface area contributed by atoms with E-state index in [0.717, 1.165) is 45.6 Å². The van der Waals surface area contributed by atoms with E-state index in [2.05, 4.69) is 6.58 Å². The number of hydrogen-bond donors (Lipinski definition) is 1. The lowest BCUT2D eigenvalue weighted by molar-refractivity contribution is -0.131. The van der Waals surface area contributed by atoms with E-state index >= 15 is 0 Å². The molecule has 0 saturated heterocycles. The number of carbonyl (C=O) groups is 1. The van der Waals surface area contributed by atoms with Gasteiger partial charge >= 0.3 is 5.97 Å². The molecule has 0 saturated carbocycles. The summed E-state index contributed by atoms with van der Waals surface area (Å²) in [4.78, 5) is 15.7. The first-order chi connectivity index (χ1) is 12.5. The molecule has 0 fully saturated rings. The third-order valence-electron chi connectivity index (χ3n) is 3.88. The van der Waals surface area contributed by atoms with Gasteiger partial charge in [0.2, 0.25) is 0 Å². The Morgan fingerprint density at radius 3 is 2.69 bits per heavy atom. The maximum Gasteiger partial charge on any atom is 0.328 e. The number of ether oxygens (including phenoxy) is 1. The smallest absolute Gasteiger partial charge is 0.328 e. The SMILES string of the molecule is C=C(C)COc1ccc(-c2nc3c(C)cccn3c2/C=C/C(=O)O)cc1. The second-order valence-corrected chi connectivity index (χ2v) is 6.17. The summed E-state index contributed by atoms with van der Waals surface area (Å²) in [5.74, 6) is -0.249. The summed E-state index contributed by atoms with van der Waals surface area (Å²) in [7, 11) is 0. The van der Waals surface area contributed by atoms with Gasteiger partial charge in [-0.3, -0.25) is 4.40 Å². The van der Waals surface area contributed by atoms with E-state index in [1.165, 1.54) is 0 Å². The Morgan fingerprint density at radius 2 is 2.04 bits per heavy atom. The van der Waals surface area contributed by atoms with Gasteiger partial charge in [-0.1, -0.05) is 12.6 Å². The first kappa shape index (κ1) is 17.5. The molecule has 0 atom stereocenters. The summed E-state index contributed by atoms with van der Waals surface area (Å²) >= 11 is 0. The van der Waals surface area contributed by atoms with Gasteiger partial charge in [0.05, 0.1) is 11.4 Å². The minimum atomic E-state index is -0.998. The lowest BCUT2D eigenvalue weighted by atomic mass is 10.1. The van der Waals surface area contributed by atoms with Crippen molar-refractivity contribution in [3.63, 3.8) is 0 Å². The summed E-state index contributed by atoms with van der Waals surface area (Å²) in [6.07, 6.45) is 4.58. The molecule has 0 amide bonds. The molecule has 26 heavy (non-hydrogen) atoms. The number of benzene rings is 1. The highest BCUT2D eigenvalue weighted by atomic mass is 16.5. The Morgan fingerprint density at radius 1 is 1.31 bits per heavy atom. The van der Waals surface area contributed by atoms with Crippen LogP contribution in [-0.2, 0) is 4.79 Å². The number of aryl methyl sites for hydroxylation is 1. The van der Waals surface area contributed by atoms with Crippen LogP contribution >= 0.6 is 0 Å². The molecule has 3 rings (SSSR count). The Hall–Kier alpha value is -3.34. The highest BCUT2D eigenvalue weighted by Gasteiger charge is 2.13. The van der Waals surface area contributed by atoms with E-state index in [1.54, 1.807) is 6.08 Å². The van der Waals surface area contributed by atoms with Gasteiger partial charge in [0, 0.05) is 17.8 Å². The molecular weight excluding hydrogens is 328 g/mol. The molecule has 2 aromatic heterocycles. The fraction of sp³-hybridized carbons (Fsp3) is 0.143. The zero-order valence-corrected chi connectivity index (χ0v) is 14.8. The Bertz CT molecular complexity index is 998. The lowest BCUT2D eigenvalue weighted by Crippen LogP contribution is -1.97. The van der Waals surface area contributed by atoms with Gasteiger partial charge in [-0.05, 0) is 61.4 Å². The van der Waals surface area contributed by atoms with Crippen LogP contribution in [0, 0.1) is 6.92 Å². The summed E-state index contributed by atoms with van der Waals surface area (Å²) < 4.78 is 7.53. The molecule has 5 heteroatoms. The number of imidazole rings is 1. The summed E-state index contributed by atoms with van der Waals surface area (Å²) in [6.45, 7) is 8.18. The molecule has 0 unspecified atom stereocenters. The van der Waals surface area contributed by atoms with E-state index in [0.29, 0.717) is 6.61 Å². The van der Waals surface area contributed by atoms with E-state index in [1.807, 2.05) is 60.8 Å². The van der Waals surface area contributed by atoms with Crippen LogP contribution in [0.15, 0.2) is 60.8 Å². The number of rotatable bonds is 6. The molecule has 0 aliphatic heterocycles. The van der Waals surface area contributed by atoms with Crippen LogP contribution in [0.5, 0.6) is 5.75 Å². The Balaban J connectivity index is 2.06. The summed E-state index contributed by atoms with van der Waals surface area (Å²) in [6, 6.07) is 11.5. The third-order valence-corrected chi connectivity index (χ3v) is 3.88. The van der Waals surface area contributed by atoms with Crippen LogP contribution in [0.4, 0.5) is 0 Å². The van der Waals surface area contributed by atoms with Gasteiger partial charge < -0.3 is 9.84 Å². The average molecular weight is 348 g/mol. The molecular formula is C21H20N2O3. The molecule has 0 aliphatic carbocycles. The highest BCUT2D eigenvalue weighted by molar-refractivity contribution is 5.87. The number of pyridine rings is 1. The van der Waals surface area contributed by atoms with Crippen LogP contribution in [0.2, 0.25) is 0 Å². The number of aromatic nitrogens is 2. The van der Waals surface area contributed by atoms with E-state index < -0.39 is 5.97 Å². The van der Waals surface area contributed by atoms with Gasteiger partial charge in [0.15, 0.2) is 0 Å². The van der Waals surface area contributed by atoms with Crippen molar-refractivity contribution in [2.45, 2.75) is 13.8 Å². The maximum atomic E-state index is 11.0. The minimum Gasteiger partial charge on any atom is -0.489 e. The van der Waals surface area contributed by atoms with Crippen molar-refractivity contribution in [3.05, 3.63) is 72.1 Å². The molecule has 5 nitrogen and oxygen atoms in total. The Labute approximate surface area is 151 Å². The lowest BCUT2D eigenvalue weighted by Gasteiger charge is -2.06.